The average Bonchev–Trinajstić information content (AvgIpc) is 2.98. The van der Waals surface area contributed by atoms with Crippen LogP contribution in [0.2, 0.25) is 5.02 Å². The highest BCUT2D eigenvalue weighted by molar-refractivity contribution is 7.87. The number of hydrogen-bond donors (Lipinski definition) is 2. The van der Waals surface area contributed by atoms with Crippen LogP contribution in [-0.2, 0) is 14.9 Å². The molecule has 1 aromatic heterocycles. The average molecular weight is 396 g/mol. The third-order valence-corrected chi connectivity index (χ3v) is 4.96. The zero-order valence-corrected chi connectivity index (χ0v) is 15.3. The number of aryl methyl sites for hydroxylation is 1. The Kier molecular flexibility index (Phi) is 4.75. The number of amides is 1. The molecular weight excluding hydrogens is 382 g/mol. The summed E-state index contributed by atoms with van der Waals surface area (Å²) in [5.41, 5.74) is 1.74. The molecule has 8 nitrogen and oxygen atoms in total. The van der Waals surface area contributed by atoms with Crippen molar-refractivity contribution in [1.29, 1.82) is 0 Å². The second-order valence-electron chi connectivity index (χ2n) is 5.35. The van der Waals surface area contributed by atoms with Crippen molar-refractivity contribution in [2.45, 2.75) is 11.8 Å². The van der Waals surface area contributed by atoms with Gasteiger partial charge in [-0.05, 0) is 42.8 Å². The first-order valence-electron chi connectivity index (χ1n) is 7.34. The zero-order chi connectivity index (χ0) is 18.9. The Morgan fingerprint density at radius 2 is 2.00 bits per heavy atom. The molecule has 0 unspecified atom stereocenters. The lowest BCUT2D eigenvalue weighted by molar-refractivity contribution is 0.186. The fourth-order valence-electron chi connectivity index (χ4n) is 2.19. The number of anilines is 1. The van der Waals surface area contributed by atoms with Gasteiger partial charge in [-0.2, -0.15) is 8.42 Å². The molecule has 0 saturated carbocycles. The number of hydrogen-bond acceptors (Lipinski definition) is 6. The van der Waals surface area contributed by atoms with Gasteiger partial charge in [0.05, 0.1) is 23.2 Å². The van der Waals surface area contributed by atoms with Gasteiger partial charge in [0, 0.05) is 0 Å². The summed E-state index contributed by atoms with van der Waals surface area (Å²) < 4.78 is 34.6. The summed E-state index contributed by atoms with van der Waals surface area (Å²) in [6.45, 7) is 1.83. The molecule has 0 aliphatic heterocycles. The number of imidazole rings is 1. The molecule has 0 atom stereocenters. The topological polar surface area (TPSA) is 110 Å². The molecule has 0 fully saturated rings. The van der Waals surface area contributed by atoms with E-state index in [4.69, 9.17) is 15.8 Å². The van der Waals surface area contributed by atoms with Crippen molar-refractivity contribution in [1.82, 2.24) is 9.97 Å². The van der Waals surface area contributed by atoms with Gasteiger partial charge in [0.1, 0.15) is 4.90 Å². The molecular formula is C16H14ClN3O5S. The van der Waals surface area contributed by atoms with Crippen LogP contribution in [0.1, 0.15) is 5.56 Å². The number of nitrogens with one attached hydrogen (secondary N) is 2. The molecule has 0 aliphatic rings. The molecule has 0 saturated heterocycles. The van der Waals surface area contributed by atoms with Crippen LogP contribution in [0, 0.1) is 6.92 Å². The zero-order valence-electron chi connectivity index (χ0n) is 13.7. The molecule has 0 spiro atoms. The van der Waals surface area contributed by atoms with Crippen LogP contribution in [0.25, 0.3) is 11.0 Å². The smallest absolute Gasteiger partial charge is 0.413 e. The first-order valence-corrected chi connectivity index (χ1v) is 9.12. The first-order chi connectivity index (χ1) is 12.3. The number of carbonyl (C=O) groups excluding carboxylic acids is 1. The van der Waals surface area contributed by atoms with Gasteiger partial charge in [-0.25, -0.2) is 9.78 Å². The number of nitrogens with zero attached hydrogens (tertiary/aromatic N) is 1. The fourth-order valence-corrected chi connectivity index (χ4v) is 3.48. The van der Waals surface area contributed by atoms with E-state index in [2.05, 4.69) is 20.0 Å². The van der Waals surface area contributed by atoms with Gasteiger partial charge in [0.15, 0.2) is 5.75 Å². The number of carbonyl (C=O) groups is 1. The molecule has 0 radical (unpaired) electrons. The summed E-state index contributed by atoms with van der Waals surface area (Å²) in [4.78, 5) is 18.0. The van der Waals surface area contributed by atoms with Gasteiger partial charge in [-0.1, -0.05) is 17.7 Å². The van der Waals surface area contributed by atoms with E-state index >= 15 is 0 Å². The quantitative estimate of drug-likeness (QED) is 0.654. The van der Waals surface area contributed by atoms with E-state index in [9.17, 15) is 13.2 Å². The summed E-state index contributed by atoms with van der Waals surface area (Å²) in [7, 11) is -2.89. The minimum Gasteiger partial charge on any atom is -0.453 e. The first kappa shape index (κ1) is 18.0. The van der Waals surface area contributed by atoms with E-state index in [1.807, 2.05) is 6.92 Å². The van der Waals surface area contributed by atoms with Crippen molar-refractivity contribution in [2.75, 3.05) is 12.4 Å². The minimum atomic E-state index is -4.11. The SMILES string of the molecule is COC(=O)Nc1nc2cc(S(=O)(=O)Oc3ccc(C)cc3Cl)ccc2[nH]1. The monoisotopic (exact) mass is 395 g/mol. The summed E-state index contributed by atoms with van der Waals surface area (Å²) >= 11 is 6.02. The second kappa shape index (κ2) is 6.85. The Bertz CT molecular complexity index is 1090. The number of aromatic amines is 1. The molecule has 2 N–H and O–H groups in total. The number of benzene rings is 2. The fraction of sp³-hybridized carbons (Fsp3) is 0.125. The Hall–Kier alpha value is -2.78. The van der Waals surface area contributed by atoms with Gasteiger partial charge in [0.25, 0.3) is 0 Å². The number of H-pyrrole nitrogens is 1. The van der Waals surface area contributed by atoms with E-state index in [1.54, 1.807) is 12.1 Å². The molecule has 3 rings (SSSR count). The molecule has 3 aromatic rings. The highest BCUT2D eigenvalue weighted by Crippen LogP contribution is 2.29. The van der Waals surface area contributed by atoms with Crippen LogP contribution in [0.5, 0.6) is 5.75 Å². The van der Waals surface area contributed by atoms with E-state index < -0.39 is 16.2 Å². The molecule has 0 bridgehead atoms. The maximum atomic E-state index is 12.5. The number of fused-ring (bicyclic) bond motifs is 1. The van der Waals surface area contributed by atoms with E-state index in [-0.39, 0.29) is 21.6 Å². The third kappa shape index (κ3) is 3.73. The Morgan fingerprint density at radius 3 is 2.69 bits per heavy atom. The maximum absolute atomic E-state index is 12.5. The normalized spacial score (nSPS) is 11.3. The number of aromatic nitrogens is 2. The van der Waals surface area contributed by atoms with Crippen molar-refractivity contribution in [3.8, 4) is 5.75 Å². The number of rotatable bonds is 4. The number of methoxy groups -OCH3 is 1. The molecule has 1 heterocycles. The van der Waals surface area contributed by atoms with Crippen LogP contribution in [0.4, 0.5) is 10.7 Å². The summed E-state index contributed by atoms with van der Waals surface area (Å²) in [6.07, 6.45) is -0.700. The Morgan fingerprint density at radius 1 is 1.23 bits per heavy atom. The molecule has 136 valence electrons. The summed E-state index contributed by atoms with van der Waals surface area (Å²) in [5, 5.41) is 2.56. The number of ether oxygens (including phenoxy) is 1. The van der Waals surface area contributed by atoms with Gasteiger partial charge in [-0.15, -0.1) is 0 Å². The largest absolute Gasteiger partial charge is 0.453 e. The Labute approximate surface area is 154 Å². The van der Waals surface area contributed by atoms with E-state index in [0.717, 1.165) is 5.56 Å². The predicted octanol–water partition coefficient (Wildman–Crippen LogP) is 3.47. The summed E-state index contributed by atoms with van der Waals surface area (Å²) in [6, 6.07) is 8.98. The maximum Gasteiger partial charge on any atom is 0.413 e. The highest BCUT2D eigenvalue weighted by Gasteiger charge is 2.20. The molecule has 1 amide bonds. The standard InChI is InChI=1S/C16H14ClN3O5S/c1-9-3-6-14(11(17)7-9)25-26(22,23)10-4-5-12-13(8-10)19-15(18-12)20-16(21)24-2/h3-8H,1-2H3,(H2,18,19,20,21). The predicted molar refractivity (Wildman–Crippen MR) is 96.1 cm³/mol. The minimum absolute atomic E-state index is 0.0347. The van der Waals surface area contributed by atoms with Gasteiger partial charge < -0.3 is 13.9 Å². The number of halogens is 1. The van der Waals surface area contributed by atoms with Crippen LogP contribution < -0.4 is 9.50 Å². The van der Waals surface area contributed by atoms with E-state index in [1.165, 1.54) is 31.4 Å². The lowest BCUT2D eigenvalue weighted by atomic mass is 10.2. The van der Waals surface area contributed by atoms with Crippen LogP contribution in [-0.4, -0.2) is 31.6 Å². The molecule has 26 heavy (non-hydrogen) atoms. The summed E-state index contributed by atoms with van der Waals surface area (Å²) in [5.74, 6) is 0.163. The van der Waals surface area contributed by atoms with Crippen molar-refractivity contribution in [2.24, 2.45) is 0 Å². The van der Waals surface area contributed by atoms with Crippen LogP contribution >= 0.6 is 11.6 Å². The lowest BCUT2D eigenvalue weighted by Crippen LogP contribution is -2.11. The van der Waals surface area contributed by atoms with Crippen molar-refractivity contribution in [3.05, 3.63) is 47.0 Å². The van der Waals surface area contributed by atoms with Gasteiger partial charge in [-0.3, -0.25) is 5.32 Å². The van der Waals surface area contributed by atoms with Gasteiger partial charge in [0.2, 0.25) is 5.95 Å². The molecule has 10 heteroatoms. The van der Waals surface area contributed by atoms with Crippen molar-refractivity contribution >= 4 is 44.8 Å². The van der Waals surface area contributed by atoms with Gasteiger partial charge >= 0.3 is 16.2 Å². The van der Waals surface area contributed by atoms with E-state index in [0.29, 0.717) is 11.0 Å². The Balaban J connectivity index is 1.91. The van der Waals surface area contributed by atoms with Crippen molar-refractivity contribution in [3.63, 3.8) is 0 Å². The third-order valence-electron chi connectivity index (χ3n) is 3.44. The lowest BCUT2D eigenvalue weighted by Gasteiger charge is -2.09. The van der Waals surface area contributed by atoms with Crippen LogP contribution in [0.15, 0.2) is 41.3 Å². The molecule has 0 aliphatic carbocycles. The van der Waals surface area contributed by atoms with Crippen LogP contribution in [0.3, 0.4) is 0 Å². The highest BCUT2D eigenvalue weighted by atomic mass is 35.5. The van der Waals surface area contributed by atoms with Crippen molar-refractivity contribution < 1.29 is 22.1 Å². The second-order valence-corrected chi connectivity index (χ2v) is 7.31. The molecule has 2 aromatic carbocycles.